The number of hydrogen-bond donors (Lipinski definition) is 2. The maximum atomic E-state index is 13.9. The number of thiazole rings is 1. The van der Waals surface area contributed by atoms with Crippen molar-refractivity contribution in [2.24, 2.45) is 16.8 Å². The van der Waals surface area contributed by atoms with E-state index in [1.165, 1.54) is 34.9 Å². The fourth-order valence-corrected chi connectivity index (χ4v) is 8.19. The van der Waals surface area contributed by atoms with Crippen molar-refractivity contribution in [3.63, 3.8) is 0 Å². The Bertz CT molecular complexity index is 1450. The molecular formula is C25H26ClFN4O6S2. The summed E-state index contributed by atoms with van der Waals surface area (Å²) in [5.74, 6) is -2.58. The molecule has 1 saturated heterocycles. The van der Waals surface area contributed by atoms with Gasteiger partial charge < -0.3 is 15.2 Å². The van der Waals surface area contributed by atoms with Crippen molar-refractivity contribution in [3.8, 4) is 0 Å². The van der Waals surface area contributed by atoms with Gasteiger partial charge in [-0.3, -0.25) is 9.79 Å². The fraction of sp³-hybridized carbons (Fsp3) is 0.440. The van der Waals surface area contributed by atoms with Gasteiger partial charge in [-0.1, -0.05) is 17.7 Å². The molecule has 0 spiro atoms. The molecular weight excluding hydrogens is 571 g/mol. The van der Waals surface area contributed by atoms with Crippen LogP contribution in [-0.4, -0.2) is 66.0 Å². The second-order valence-electron chi connectivity index (χ2n) is 9.67. The number of hydrogen-bond acceptors (Lipinski definition) is 9. The highest BCUT2D eigenvalue weighted by molar-refractivity contribution is 7.89. The van der Waals surface area contributed by atoms with Crippen LogP contribution in [0.25, 0.3) is 0 Å². The van der Waals surface area contributed by atoms with Crippen LogP contribution in [0.15, 0.2) is 46.0 Å². The van der Waals surface area contributed by atoms with Crippen LogP contribution in [0.1, 0.15) is 42.3 Å². The van der Waals surface area contributed by atoms with Gasteiger partial charge >= 0.3 is 11.9 Å². The highest BCUT2D eigenvalue weighted by Crippen LogP contribution is 2.41. The minimum absolute atomic E-state index is 0.103. The number of carbonyl (C=O) groups excluding carboxylic acids is 1. The third kappa shape index (κ3) is 5.32. The lowest BCUT2D eigenvalue weighted by atomic mass is 9.85. The Morgan fingerprint density at radius 3 is 2.56 bits per heavy atom. The molecule has 1 aromatic heterocycles. The number of halogens is 2. The van der Waals surface area contributed by atoms with E-state index in [1.807, 2.05) is 0 Å². The summed E-state index contributed by atoms with van der Waals surface area (Å²) in [7, 11) is -2.37. The van der Waals surface area contributed by atoms with Crippen molar-refractivity contribution in [2.45, 2.75) is 37.0 Å². The Kier molecular flexibility index (Phi) is 7.77. The first kappa shape index (κ1) is 27.7. The molecule has 1 aromatic carbocycles. The highest BCUT2D eigenvalue weighted by Gasteiger charge is 2.46. The van der Waals surface area contributed by atoms with Gasteiger partial charge in [0.05, 0.1) is 23.9 Å². The van der Waals surface area contributed by atoms with E-state index in [2.05, 4.69) is 10.3 Å². The molecule has 2 aromatic rings. The summed E-state index contributed by atoms with van der Waals surface area (Å²) in [6.45, 7) is 0.430. The Morgan fingerprint density at radius 2 is 1.97 bits per heavy atom. The van der Waals surface area contributed by atoms with Gasteiger partial charge in [-0.15, -0.1) is 11.3 Å². The van der Waals surface area contributed by atoms with Crippen molar-refractivity contribution in [1.29, 1.82) is 0 Å². The van der Waals surface area contributed by atoms with E-state index in [0.717, 1.165) is 6.07 Å². The molecule has 2 aliphatic heterocycles. The molecule has 0 radical (unpaired) electrons. The number of allylic oxidation sites excluding steroid dienone is 1. The van der Waals surface area contributed by atoms with Crippen LogP contribution in [-0.2, 0) is 24.3 Å². The molecule has 3 aliphatic rings. The van der Waals surface area contributed by atoms with Crippen LogP contribution in [0.2, 0.25) is 5.02 Å². The molecule has 0 bridgehead atoms. The predicted molar refractivity (Wildman–Crippen MR) is 142 cm³/mol. The lowest BCUT2D eigenvalue weighted by Crippen LogP contribution is -2.50. The van der Waals surface area contributed by atoms with E-state index in [4.69, 9.17) is 26.4 Å². The Morgan fingerprint density at radius 1 is 1.26 bits per heavy atom. The number of rotatable bonds is 7. The molecule has 5 rings (SSSR count). The molecule has 2 fully saturated rings. The summed E-state index contributed by atoms with van der Waals surface area (Å²) in [6.07, 6.45) is 2.68. The molecule has 0 amide bonds. The summed E-state index contributed by atoms with van der Waals surface area (Å²) in [6, 6.07) is 2.99. The second-order valence-corrected chi connectivity index (χ2v) is 13.2. The lowest BCUT2D eigenvalue weighted by Gasteiger charge is -2.40. The van der Waals surface area contributed by atoms with Gasteiger partial charge in [-0.25, -0.2) is 26.9 Å². The quantitative estimate of drug-likeness (QED) is 0.464. The fourth-order valence-electron chi connectivity index (χ4n) is 5.24. The number of aliphatic carboxylic acids is 1. The average Bonchev–Trinajstić information content (AvgIpc) is 3.41. The average molecular weight is 597 g/mol. The largest absolute Gasteiger partial charge is 0.481 e. The van der Waals surface area contributed by atoms with Crippen molar-refractivity contribution < 1.29 is 32.2 Å². The first-order valence-corrected chi connectivity index (χ1v) is 15.1. The smallest absolute Gasteiger partial charge is 0.338 e. The molecule has 39 heavy (non-hydrogen) atoms. The van der Waals surface area contributed by atoms with Crippen LogP contribution in [0.5, 0.6) is 0 Å². The summed E-state index contributed by atoms with van der Waals surface area (Å²) >= 11 is 7.75. The molecule has 1 aliphatic carbocycles. The normalized spacial score (nSPS) is 24.5. The van der Waals surface area contributed by atoms with E-state index in [0.29, 0.717) is 34.9 Å². The van der Waals surface area contributed by atoms with E-state index in [-0.39, 0.29) is 42.4 Å². The number of amidine groups is 1. The van der Waals surface area contributed by atoms with Gasteiger partial charge in [0.1, 0.15) is 11.9 Å². The number of aromatic nitrogens is 1. The number of carbonyl (C=O) groups is 2. The maximum Gasteiger partial charge on any atom is 0.338 e. The summed E-state index contributed by atoms with van der Waals surface area (Å²) < 4.78 is 46.6. The molecule has 1 atom stereocenters. The Balaban J connectivity index is 1.46. The first-order valence-electron chi connectivity index (χ1n) is 12.3. The van der Waals surface area contributed by atoms with Gasteiger partial charge in [0.25, 0.3) is 0 Å². The Labute approximate surface area is 233 Å². The summed E-state index contributed by atoms with van der Waals surface area (Å²) in [5, 5.41) is 14.2. The molecule has 2 N–H and O–H groups in total. The summed E-state index contributed by atoms with van der Waals surface area (Å²) in [4.78, 5) is 33.4. The van der Waals surface area contributed by atoms with Gasteiger partial charge in [0.2, 0.25) is 10.0 Å². The number of nitrogens with zero attached hydrogens (tertiary/aromatic N) is 3. The van der Waals surface area contributed by atoms with E-state index < -0.39 is 45.0 Å². The number of benzene rings is 1. The number of carboxylic acids is 1. The molecule has 10 nitrogen and oxygen atoms in total. The maximum absolute atomic E-state index is 13.9. The third-order valence-corrected chi connectivity index (χ3v) is 10.9. The molecule has 208 valence electrons. The van der Waals surface area contributed by atoms with Crippen LogP contribution >= 0.6 is 22.9 Å². The molecule has 1 saturated carbocycles. The number of carboxylic acid groups (broad SMARTS) is 1. The zero-order chi connectivity index (χ0) is 27.9. The number of piperidine rings is 1. The Hall–Kier alpha value is -2.87. The molecule has 3 heterocycles. The van der Waals surface area contributed by atoms with Gasteiger partial charge in [0.15, 0.2) is 10.8 Å². The third-order valence-electron chi connectivity index (χ3n) is 7.46. The SMILES string of the molecule is COC(=O)C1=C(C2CCN(S(=O)(=O)[C@H]3C[C@@H](C(=O)O)C3)CC2)NC(c2nccs2)=N[C@H]1c1ccc(F)cc1Cl. The topological polar surface area (TPSA) is 138 Å². The minimum Gasteiger partial charge on any atom is -0.481 e. The second kappa shape index (κ2) is 11.0. The van der Waals surface area contributed by atoms with E-state index in [9.17, 15) is 22.4 Å². The van der Waals surface area contributed by atoms with Gasteiger partial charge in [-0.2, -0.15) is 0 Å². The molecule has 0 unspecified atom stereocenters. The van der Waals surface area contributed by atoms with Gasteiger partial charge in [0, 0.05) is 46.9 Å². The van der Waals surface area contributed by atoms with Crippen LogP contribution in [0.4, 0.5) is 4.39 Å². The van der Waals surface area contributed by atoms with Gasteiger partial charge in [-0.05, 0) is 37.8 Å². The van der Waals surface area contributed by atoms with Crippen molar-refractivity contribution in [3.05, 3.63) is 62.5 Å². The number of methoxy groups -OCH3 is 1. The number of nitrogens with one attached hydrogen (secondary N) is 1. The highest BCUT2D eigenvalue weighted by atomic mass is 35.5. The van der Waals surface area contributed by atoms with Crippen molar-refractivity contribution in [2.75, 3.05) is 20.2 Å². The number of sulfonamides is 1. The first-order chi connectivity index (χ1) is 18.6. The van der Waals surface area contributed by atoms with Crippen LogP contribution < -0.4 is 5.32 Å². The lowest BCUT2D eigenvalue weighted by molar-refractivity contribution is -0.144. The van der Waals surface area contributed by atoms with Crippen molar-refractivity contribution >= 4 is 50.7 Å². The zero-order valence-electron chi connectivity index (χ0n) is 20.8. The monoisotopic (exact) mass is 596 g/mol. The zero-order valence-corrected chi connectivity index (χ0v) is 23.2. The van der Waals surface area contributed by atoms with E-state index in [1.54, 1.807) is 11.6 Å². The van der Waals surface area contributed by atoms with Crippen LogP contribution in [0, 0.1) is 17.7 Å². The predicted octanol–water partition coefficient (Wildman–Crippen LogP) is 3.36. The number of esters is 1. The molecule has 14 heteroatoms. The number of aliphatic imine (C=N–C) groups is 1. The minimum atomic E-state index is -3.63. The van der Waals surface area contributed by atoms with Crippen molar-refractivity contribution in [1.82, 2.24) is 14.6 Å². The number of ether oxygens (including phenoxy) is 1. The van der Waals surface area contributed by atoms with E-state index >= 15 is 0 Å². The van der Waals surface area contributed by atoms with Crippen LogP contribution in [0.3, 0.4) is 0 Å². The standard InChI is InChI=1S/C25H26ClFN4O6S2/c1-37-25(34)19-20(13-4-7-31(8-5-13)39(35,36)16-10-14(11-16)24(32)33)29-22(23-28-6-9-38-23)30-21(19)17-3-2-15(27)12-18(17)26/h2-3,6,9,12-14,16,21H,4-5,7-8,10-11H2,1H3,(H,29,30)(H,32,33)/t14-,16+,21-/m0/s1. The summed E-state index contributed by atoms with van der Waals surface area (Å²) in [5.41, 5.74) is 1.18.